The van der Waals surface area contributed by atoms with Crippen LogP contribution in [-0.2, 0) is 0 Å². The third-order valence-corrected chi connectivity index (χ3v) is 2.31. The van der Waals surface area contributed by atoms with Crippen molar-refractivity contribution >= 4 is 5.91 Å². The van der Waals surface area contributed by atoms with Crippen LogP contribution in [0.25, 0.3) is 0 Å². The molecule has 0 bridgehead atoms. The Bertz CT molecular complexity index is 426. The van der Waals surface area contributed by atoms with Gasteiger partial charge in [0.1, 0.15) is 5.56 Å². The highest BCUT2D eigenvalue weighted by Crippen LogP contribution is 2.03. The molecule has 0 saturated heterocycles. The fourth-order valence-corrected chi connectivity index (χ4v) is 1.53. The molecule has 0 fully saturated rings. The highest BCUT2D eigenvalue weighted by atomic mass is 16.3. The topological polar surface area (TPSA) is 82.2 Å². The second-order valence-electron chi connectivity index (χ2n) is 4.42. The molecular formula is C12H18N2O3. The van der Waals surface area contributed by atoms with Gasteiger partial charge in [0.15, 0.2) is 5.43 Å². The van der Waals surface area contributed by atoms with Crippen molar-refractivity contribution in [3.05, 3.63) is 34.2 Å². The van der Waals surface area contributed by atoms with Gasteiger partial charge in [0.05, 0.1) is 6.10 Å². The molecule has 1 unspecified atom stereocenters. The molecule has 5 nitrogen and oxygen atoms in total. The molecule has 5 heteroatoms. The molecule has 0 spiro atoms. The number of carbonyl (C=O) groups excluding carboxylic acids is 1. The minimum Gasteiger partial charge on any atom is -0.391 e. The number of aromatic nitrogens is 1. The molecular weight excluding hydrogens is 220 g/mol. The van der Waals surface area contributed by atoms with Crippen molar-refractivity contribution in [1.29, 1.82) is 0 Å². The monoisotopic (exact) mass is 238 g/mol. The summed E-state index contributed by atoms with van der Waals surface area (Å²) in [6, 6.07) is 1.29. The zero-order chi connectivity index (χ0) is 12.8. The van der Waals surface area contributed by atoms with Crippen molar-refractivity contribution < 1.29 is 9.90 Å². The molecule has 1 amide bonds. The van der Waals surface area contributed by atoms with E-state index in [2.05, 4.69) is 10.3 Å². The zero-order valence-electron chi connectivity index (χ0n) is 10.1. The van der Waals surface area contributed by atoms with Crippen LogP contribution < -0.4 is 10.7 Å². The molecule has 1 heterocycles. The van der Waals surface area contributed by atoms with Crippen LogP contribution in [0.15, 0.2) is 23.3 Å². The van der Waals surface area contributed by atoms with Crippen LogP contribution in [0.4, 0.5) is 0 Å². The van der Waals surface area contributed by atoms with Gasteiger partial charge in [-0.15, -0.1) is 0 Å². The molecule has 0 aliphatic heterocycles. The van der Waals surface area contributed by atoms with Gasteiger partial charge in [-0.1, -0.05) is 13.8 Å². The number of carbonyl (C=O) groups is 1. The summed E-state index contributed by atoms with van der Waals surface area (Å²) in [5, 5.41) is 12.1. The first-order valence-corrected chi connectivity index (χ1v) is 5.64. The van der Waals surface area contributed by atoms with Gasteiger partial charge in [0, 0.05) is 25.0 Å². The molecule has 0 radical (unpaired) electrons. The quantitative estimate of drug-likeness (QED) is 0.699. The summed E-state index contributed by atoms with van der Waals surface area (Å²) < 4.78 is 0. The number of rotatable bonds is 5. The van der Waals surface area contributed by atoms with E-state index >= 15 is 0 Å². The standard InChI is InChI=1S/C12H18N2O3/c1-8(2)5-9(15)6-14-12(17)10-7-13-4-3-11(10)16/h3-4,7-9,15H,5-6H2,1-2H3,(H,13,16)(H,14,17). The molecule has 1 aromatic heterocycles. The molecule has 0 aromatic carbocycles. The van der Waals surface area contributed by atoms with E-state index in [0.717, 1.165) is 0 Å². The molecule has 0 saturated carbocycles. The second-order valence-corrected chi connectivity index (χ2v) is 4.42. The van der Waals surface area contributed by atoms with E-state index in [4.69, 9.17) is 0 Å². The smallest absolute Gasteiger partial charge is 0.256 e. The first kappa shape index (κ1) is 13.4. The summed E-state index contributed by atoms with van der Waals surface area (Å²) in [5.41, 5.74) is -0.274. The van der Waals surface area contributed by atoms with E-state index in [-0.39, 0.29) is 17.5 Å². The number of aliphatic hydroxyl groups excluding tert-OH is 1. The molecule has 1 aromatic rings. The Hall–Kier alpha value is -1.62. The Morgan fingerprint density at radius 2 is 2.24 bits per heavy atom. The van der Waals surface area contributed by atoms with Crippen molar-refractivity contribution in [3.8, 4) is 0 Å². The maximum atomic E-state index is 11.6. The minimum atomic E-state index is -0.582. The molecule has 0 aliphatic rings. The predicted molar refractivity (Wildman–Crippen MR) is 64.9 cm³/mol. The van der Waals surface area contributed by atoms with Gasteiger partial charge in [-0.05, 0) is 12.3 Å². The lowest BCUT2D eigenvalue weighted by Gasteiger charge is -2.13. The van der Waals surface area contributed by atoms with Gasteiger partial charge in [-0.25, -0.2) is 0 Å². The van der Waals surface area contributed by atoms with Crippen molar-refractivity contribution in [1.82, 2.24) is 10.3 Å². The number of nitrogens with one attached hydrogen (secondary N) is 2. The number of hydrogen-bond acceptors (Lipinski definition) is 3. The fourth-order valence-electron chi connectivity index (χ4n) is 1.53. The van der Waals surface area contributed by atoms with Gasteiger partial charge < -0.3 is 15.4 Å². The summed E-state index contributed by atoms with van der Waals surface area (Å²) in [6.07, 6.45) is 2.85. The summed E-state index contributed by atoms with van der Waals surface area (Å²) >= 11 is 0. The first-order chi connectivity index (χ1) is 8.00. The maximum Gasteiger partial charge on any atom is 0.256 e. The van der Waals surface area contributed by atoms with Crippen LogP contribution in [0.2, 0.25) is 0 Å². The number of amides is 1. The zero-order valence-corrected chi connectivity index (χ0v) is 10.1. The van der Waals surface area contributed by atoms with Crippen molar-refractivity contribution in [2.24, 2.45) is 5.92 Å². The number of hydrogen-bond donors (Lipinski definition) is 3. The van der Waals surface area contributed by atoms with Gasteiger partial charge in [-0.2, -0.15) is 0 Å². The van der Waals surface area contributed by atoms with E-state index in [1.807, 2.05) is 13.8 Å². The van der Waals surface area contributed by atoms with Crippen LogP contribution in [0, 0.1) is 5.92 Å². The minimum absolute atomic E-state index is 0.0595. The number of H-pyrrole nitrogens is 1. The van der Waals surface area contributed by atoms with Crippen LogP contribution >= 0.6 is 0 Å². The average molecular weight is 238 g/mol. The fraction of sp³-hybridized carbons (Fsp3) is 0.500. The van der Waals surface area contributed by atoms with Gasteiger partial charge in [0.25, 0.3) is 5.91 Å². The van der Waals surface area contributed by atoms with Crippen molar-refractivity contribution in [2.75, 3.05) is 6.54 Å². The number of pyridine rings is 1. The maximum absolute atomic E-state index is 11.6. The van der Waals surface area contributed by atoms with E-state index in [1.54, 1.807) is 0 Å². The van der Waals surface area contributed by atoms with Crippen molar-refractivity contribution in [3.63, 3.8) is 0 Å². The first-order valence-electron chi connectivity index (χ1n) is 5.64. The third-order valence-electron chi connectivity index (χ3n) is 2.31. The molecule has 3 N–H and O–H groups in total. The molecule has 0 aliphatic carbocycles. The Morgan fingerprint density at radius 1 is 1.53 bits per heavy atom. The average Bonchev–Trinajstić information content (AvgIpc) is 2.25. The van der Waals surface area contributed by atoms with E-state index < -0.39 is 12.0 Å². The largest absolute Gasteiger partial charge is 0.391 e. The lowest BCUT2D eigenvalue weighted by Crippen LogP contribution is -2.35. The summed E-state index contributed by atoms with van der Waals surface area (Å²) in [6.45, 7) is 4.14. The molecule has 1 rings (SSSR count). The van der Waals surface area contributed by atoms with Crippen LogP contribution in [0.5, 0.6) is 0 Å². The normalized spacial score (nSPS) is 12.5. The van der Waals surface area contributed by atoms with Crippen LogP contribution in [-0.4, -0.2) is 28.6 Å². The molecule has 17 heavy (non-hydrogen) atoms. The Balaban J connectivity index is 2.51. The number of aromatic amines is 1. The second kappa shape index (κ2) is 6.20. The van der Waals surface area contributed by atoms with Crippen LogP contribution in [0.1, 0.15) is 30.6 Å². The summed E-state index contributed by atoms with van der Waals surface area (Å²) in [5.74, 6) is -0.100. The van der Waals surface area contributed by atoms with Crippen LogP contribution in [0.3, 0.4) is 0 Å². The lowest BCUT2D eigenvalue weighted by molar-refractivity contribution is 0.0899. The van der Waals surface area contributed by atoms with Crippen molar-refractivity contribution in [2.45, 2.75) is 26.4 Å². The van der Waals surface area contributed by atoms with E-state index in [9.17, 15) is 14.7 Å². The SMILES string of the molecule is CC(C)CC(O)CNC(=O)c1c[nH]ccc1=O. The summed E-state index contributed by atoms with van der Waals surface area (Å²) in [7, 11) is 0. The Labute approximate surface area is 99.9 Å². The Morgan fingerprint density at radius 3 is 2.82 bits per heavy atom. The summed E-state index contributed by atoms with van der Waals surface area (Å²) in [4.78, 5) is 25.6. The van der Waals surface area contributed by atoms with Gasteiger partial charge in [-0.3, -0.25) is 9.59 Å². The highest BCUT2D eigenvalue weighted by molar-refractivity contribution is 5.93. The third kappa shape index (κ3) is 4.40. The van der Waals surface area contributed by atoms with E-state index in [1.165, 1.54) is 18.5 Å². The molecule has 94 valence electrons. The van der Waals surface area contributed by atoms with Gasteiger partial charge >= 0.3 is 0 Å². The highest BCUT2D eigenvalue weighted by Gasteiger charge is 2.12. The molecule has 1 atom stereocenters. The lowest BCUT2D eigenvalue weighted by atomic mass is 10.1. The van der Waals surface area contributed by atoms with Gasteiger partial charge in [0.2, 0.25) is 0 Å². The van der Waals surface area contributed by atoms with E-state index in [0.29, 0.717) is 12.3 Å². The Kier molecular flexibility index (Phi) is 4.90. The number of aliphatic hydroxyl groups is 1. The predicted octanol–water partition coefficient (Wildman–Crippen LogP) is 0.512.